The van der Waals surface area contributed by atoms with Crippen molar-refractivity contribution < 1.29 is 43.0 Å². The van der Waals surface area contributed by atoms with Gasteiger partial charge < -0.3 is 45.3 Å². The van der Waals surface area contributed by atoms with Gasteiger partial charge in [-0.2, -0.15) is 0 Å². The van der Waals surface area contributed by atoms with Gasteiger partial charge >= 0.3 is 12.2 Å². The summed E-state index contributed by atoms with van der Waals surface area (Å²) in [4.78, 5) is 81.0. The molecule has 4 aliphatic rings. The number of hydrogen-bond donors (Lipinski definition) is 4. The summed E-state index contributed by atoms with van der Waals surface area (Å²) in [6, 6.07) is 16.7. The molecule has 6 atom stereocenters. The maximum atomic E-state index is 13.5. The SMILES string of the molecule is COC(=O)N[C@H](C(=O)N1CCCC1C(=O)Nc1ccc(-c2ccc(-c3ccc(NC(=O)[C@@H]4CCCN4C(=O)[C@@H](NC(=O)OC)C(C)C)cc3)c3c2C2CCC3O2)cc1)C(C)C. The molecule has 3 fully saturated rings. The Hall–Kier alpha value is -5.96. The smallest absolute Gasteiger partial charge is 0.407 e. The van der Waals surface area contributed by atoms with Crippen molar-refractivity contribution in [3.63, 3.8) is 0 Å². The lowest BCUT2D eigenvalue weighted by atomic mass is 9.81. The van der Waals surface area contributed by atoms with Crippen molar-refractivity contribution in [2.45, 2.75) is 103 Å². The molecule has 0 radical (unpaired) electrons. The maximum Gasteiger partial charge on any atom is 0.407 e. The minimum absolute atomic E-state index is 0.0303. The molecule has 4 aliphatic heterocycles. The third-order valence-corrected chi connectivity index (χ3v) is 12.3. The van der Waals surface area contributed by atoms with Crippen molar-refractivity contribution in [2.75, 3.05) is 37.9 Å². The third-order valence-electron chi connectivity index (χ3n) is 12.3. The van der Waals surface area contributed by atoms with Crippen LogP contribution in [0.4, 0.5) is 21.0 Å². The lowest BCUT2D eigenvalue weighted by Gasteiger charge is -2.30. The summed E-state index contributed by atoms with van der Waals surface area (Å²) in [5.74, 6) is -1.56. The standard InChI is InChI=1S/C46H56N6O9/c1-25(2)39(49-45(57)59-5)43(55)51-23-7-9-33(51)41(53)47-29-15-11-27(12-16-29)31-19-20-32(38-36-22-21-35(61-36)37(31)38)28-13-17-30(18-14-28)48-42(54)34-10-8-24-52(34)44(56)40(26(3)4)50-46(58)60-6/h11-20,25-26,33-36,39-40H,7-10,21-24H2,1-6H3,(H,47,53)(H,48,54)(H,49,57)(H,50,58)/t33-,34?,35?,36?,39-,40-/m0/s1. The molecular weight excluding hydrogens is 781 g/mol. The summed E-state index contributed by atoms with van der Waals surface area (Å²) in [7, 11) is 2.50. The predicted molar refractivity (Wildman–Crippen MR) is 228 cm³/mol. The first-order valence-corrected chi connectivity index (χ1v) is 21.2. The monoisotopic (exact) mass is 836 g/mol. The molecule has 61 heavy (non-hydrogen) atoms. The molecule has 15 heteroatoms. The van der Waals surface area contributed by atoms with Crippen LogP contribution < -0.4 is 21.3 Å². The Kier molecular flexibility index (Phi) is 13.0. The van der Waals surface area contributed by atoms with Gasteiger partial charge in [-0.1, -0.05) is 64.1 Å². The van der Waals surface area contributed by atoms with E-state index in [-0.39, 0.29) is 47.7 Å². The van der Waals surface area contributed by atoms with Crippen LogP contribution in [-0.2, 0) is 33.4 Å². The Morgan fingerprint density at radius 3 is 1.30 bits per heavy atom. The van der Waals surface area contributed by atoms with E-state index in [9.17, 15) is 28.8 Å². The average Bonchev–Trinajstić information content (AvgIpc) is 4.10. The Balaban J connectivity index is 1.03. The molecule has 0 aliphatic carbocycles. The maximum absolute atomic E-state index is 13.5. The van der Waals surface area contributed by atoms with Gasteiger partial charge in [-0.25, -0.2) is 9.59 Å². The number of anilines is 2. The fourth-order valence-corrected chi connectivity index (χ4v) is 9.18. The van der Waals surface area contributed by atoms with E-state index in [2.05, 4.69) is 33.4 Å². The zero-order chi connectivity index (χ0) is 43.5. The molecule has 3 saturated heterocycles. The minimum atomic E-state index is -0.809. The van der Waals surface area contributed by atoms with Crippen LogP contribution >= 0.6 is 0 Å². The molecule has 0 spiro atoms. The molecule has 2 bridgehead atoms. The van der Waals surface area contributed by atoms with Crippen LogP contribution in [0.2, 0.25) is 0 Å². The minimum Gasteiger partial charge on any atom is -0.453 e. The number of ether oxygens (including phenoxy) is 3. The molecule has 4 N–H and O–H groups in total. The average molecular weight is 837 g/mol. The summed E-state index contributed by atoms with van der Waals surface area (Å²) >= 11 is 0. The number of likely N-dealkylation sites (tertiary alicyclic amines) is 2. The van der Waals surface area contributed by atoms with Gasteiger partial charge in [0, 0.05) is 24.5 Å². The van der Waals surface area contributed by atoms with Crippen LogP contribution in [0.25, 0.3) is 22.3 Å². The number of fused-ring (bicyclic) bond motifs is 5. The molecule has 3 aromatic carbocycles. The van der Waals surface area contributed by atoms with Crippen molar-refractivity contribution in [3.05, 3.63) is 71.8 Å². The van der Waals surface area contributed by atoms with Gasteiger partial charge in [0.2, 0.25) is 23.6 Å². The van der Waals surface area contributed by atoms with E-state index in [0.29, 0.717) is 50.1 Å². The number of carbonyl (C=O) groups is 6. The number of methoxy groups -OCH3 is 2. The van der Waals surface area contributed by atoms with E-state index < -0.39 is 36.4 Å². The fourth-order valence-electron chi connectivity index (χ4n) is 9.18. The molecule has 3 aromatic rings. The number of hydrogen-bond acceptors (Lipinski definition) is 9. The predicted octanol–water partition coefficient (Wildman–Crippen LogP) is 6.55. The first kappa shape index (κ1) is 43.1. The first-order valence-electron chi connectivity index (χ1n) is 21.2. The van der Waals surface area contributed by atoms with Crippen LogP contribution in [0.1, 0.15) is 89.6 Å². The van der Waals surface area contributed by atoms with Gasteiger partial charge in [0.05, 0.1) is 26.4 Å². The quantitative estimate of drug-likeness (QED) is 0.157. The van der Waals surface area contributed by atoms with Gasteiger partial charge in [-0.15, -0.1) is 0 Å². The summed E-state index contributed by atoms with van der Waals surface area (Å²) in [5.41, 5.74) is 7.66. The van der Waals surface area contributed by atoms with Crippen LogP contribution in [0.15, 0.2) is 60.7 Å². The highest BCUT2D eigenvalue weighted by Gasteiger charge is 2.43. The van der Waals surface area contributed by atoms with Crippen LogP contribution in [0.3, 0.4) is 0 Å². The van der Waals surface area contributed by atoms with Crippen LogP contribution in [-0.4, -0.2) is 97.1 Å². The molecule has 15 nitrogen and oxygen atoms in total. The van der Waals surface area contributed by atoms with Gasteiger partial charge in [-0.3, -0.25) is 19.2 Å². The third kappa shape index (κ3) is 8.93. The number of alkyl carbamates (subject to hydrolysis) is 2. The second kappa shape index (κ2) is 18.3. The normalized spacial score (nSPS) is 21.2. The Morgan fingerprint density at radius 2 is 0.951 bits per heavy atom. The zero-order valence-corrected chi connectivity index (χ0v) is 35.6. The Morgan fingerprint density at radius 1 is 0.574 bits per heavy atom. The number of amides is 6. The second-order valence-electron chi connectivity index (χ2n) is 16.9. The summed E-state index contributed by atoms with van der Waals surface area (Å²) < 4.78 is 15.9. The molecule has 0 aromatic heterocycles. The van der Waals surface area contributed by atoms with Crippen molar-refractivity contribution >= 4 is 47.2 Å². The summed E-state index contributed by atoms with van der Waals surface area (Å²) in [6.45, 7) is 8.20. The molecular formula is C46H56N6O9. The van der Waals surface area contributed by atoms with Gasteiger partial charge in [0.15, 0.2) is 0 Å². The molecule has 7 rings (SSSR count). The van der Waals surface area contributed by atoms with Crippen LogP contribution in [0.5, 0.6) is 0 Å². The van der Waals surface area contributed by atoms with E-state index in [1.807, 2.05) is 76.2 Å². The zero-order valence-electron chi connectivity index (χ0n) is 35.6. The van der Waals surface area contributed by atoms with E-state index >= 15 is 0 Å². The topological polar surface area (TPSA) is 185 Å². The highest BCUT2D eigenvalue weighted by atomic mass is 16.5. The van der Waals surface area contributed by atoms with Gasteiger partial charge in [0.25, 0.3) is 0 Å². The number of benzene rings is 3. The molecule has 3 unspecified atom stereocenters. The van der Waals surface area contributed by atoms with E-state index in [4.69, 9.17) is 14.2 Å². The molecule has 0 saturated carbocycles. The van der Waals surface area contributed by atoms with E-state index in [0.717, 1.165) is 46.2 Å². The van der Waals surface area contributed by atoms with Crippen molar-refractivity contribution in [1.82, 2.24) is 20.4 Å². The van der Waals surface area contributed by atoms with Crippen molar-refractivity contribution in [2.24, 2.45) is 11.8 Å². The summed E-state index contributed by atoms with van der Waals surface area (Å²) in [6.07, 6.45) is 2.81. The molecule has 6 amide bonds. The largest absolute Gasteiger partial charge is 0.453 e. The molecule has 4 heterocycles. The number of carbonyl (C=O) groups excluding carboxylic acids is 6. The fraction of sp³-hybridized carbons (Fsp3) is 0.478. The Bertz CT molecular complexity index is 2010. The van der Waals surface area contributed by atoms with E-state index in [1.54, 1.807) is 9.80 Å². The van der Waals surface area contributed by atoms with Gasteiger partial charge in [0.1, 0.15) is 24.2 Å². The van der Waals surface area contributed by atoms with Crippen molar-refractivity contribution in [1.29, 1.82) is 0 Å². The number of nitrogens with one attached hydrogen (secondary N) is 4. The van der Waals surface area contributed by atoms with Crippen LogP contribution in [0, 0.1) is 11.8 Å². The van der Waals surface area contributed by atoms with Crippen molar-refractivity contribution in [3.8, 4) is 22.3 Å². The first-order chi connectivity index (χ1) is 29.3. The Labute approximate surface area is 356 Å². The number of nitrogens with zero attached hydrogens (tertiary/aromatic N) is 2. The lowest BCUT2D eigenvalue weighted by Crippen LogP contribution is -2.54. The second-order valence-corrected chi connectivity index (χ2v) is 16.9. The van der Waals surface area contributed by atoms with E-state index in [1.165, 1.54) is 14.2 Å². The number of rotatable bonds is 12. The highest BCUT2D eigenvalue weighted by molar-refractivity contribution is 6.00. The summed E-state index contributed by atoms with van der Waals surface area (Å²) in [5, 5.41) is 11.2. The van der Waals surface area contributed by atoms with Gasteiger partial charge in [-0.05, 0) is 108 Å². The highest BCUT2D eigenvalue weighted by Crippen LogP contribution is 2.56. The lowest BCUT2D eigenvalue weighted by molar-refractivity contribution is -0.139. The molecule has 324 valence electrons.